The Morgan fingerprint density at radius 3 is 2.11 bits per heavy atom. The number of carbonyl (C=O) groups excluding carboxylic acids is 2. The van der Waals surface area contributed by atoms with Crippen molar-refractivity contribution in [2.75, 3.05) is 7.11 Å². The Bertz CT molecular complexity index is 513. The number of methoxy groups -OCH3 is 1. The number of benzene rings is 1. The second-order valence-electron chi connectivity index (χ2n) is 5.67. The lowest BCUT2D eigenvalue weighted by Gasteiger charge is -2.20. The Balaban J connectivity index is 3.12. The van der Waals surface area contributed by atoms with Gasteiger partial charge in [0, 0.05) is 5.54 Å². The Kier molecular flexibility index (Phi) is 4.35. The zero-order valence-electron chi connectivity index (χ0n) is 12.4. The topological polar surface area (TPSA) is 55.4 Å². The molecule has 0 saturated heterocycles. The molecular formula is C15H21NO3. The number of aryl methyl sites for hydroxylation is 2. The van der Waals surface area contributed by atoms with Crippen LogP contribution in [0, 0.1) is 13.8 Å². The minimum atomic E-state index is -0.617. The molecule has 4 nitrogen and oxygen atoms in total. The van der Waals surface area contributed by atoms with Crippen molar-refractivity contribution in [2.24, 2.45) is 0 Å². The summed E-state index contributed by atoms with van der Waals surface area (Å²) in [6.07, 6.45) is 0. The number of ether oxygens (including phenoxy) is 1. The van der Waals surface area contributed by atoms with E-state index in [9.17, 15) is 9.59 Å². The van der Waals surface area contributed by atoms with E-state index in [0.717, 1.165) is 11.1 Å². The van der Waals surface area contributed by atoms with Crippen LogP contribution in [0.25, 0.3) is 0 Å². The summed E-state index contributed by atoms with van der Waals surface area (Å²) < 4.78 is 5.18. The van der Waals surface area contributed by atoms with Gasteiger partial charge in [0.05, 0.1) is 12.7 Å². The molecule has 0 unspecified atom stereocenters. The minimum absolute atomic E-state index is 0.298. The molecule has 1 aromatic carbocycles. The van der Waals surface area contributed by atoms with Crippen LogP contribution in [-0.4, -0.2) is 24.3 Å². The normalized spacial score (nSPS) is 11.1. The van der Waals surface area contributed by atoms with Crippen molar-refractivity contribution in [3.05, 3.63) is 28.8 Å². The van der Waals surface area contributed by atoms with Crippen molar-refractivity contribution in [3.8, 4) is 5.75 Å². The molecule has 0 bridgehead atoms. The van der Waals surface area contributed by atoms with Crippen LogP contribution in [0.15, 0.2) is 12.1 Å². The van der Waals surface area contributed by atoms with E-state index in [-0.39, 0.29) is 0 Å². The van der Waals surface area contributed by atoms with E-state index in [2.05, 4.69) is 5.32 Å². The summed E-state index contributed by atoms with van der Waals surface area (Å²) in [5.74, 6) is -0.763. The van der Waals surface area contributed by atoms with Crippen LogP contribution in [-0.2, 0) is 4.79 Å². The zero-order chi connectivity index (χ0) is 14.8. The van der Waals surface area contributed by atoms with Gasteiger partial charge >= 0.3 is 0 Å². The molecule has 0 fully saturated rings. The van der Waals surface area contributed by atoms with Gasteiger partial charge in [0.25, 0.3) is 11.7 Å². The first-order valence-electron chi connectivity index (χ1n) is 6.18. The highest BCUT2D eigenvalue weighted by Crippen LogP contribution is 2.23. The first-order valence-corrected chi connectivity index (χ1v) is 6.18. The monoisotopic (exact) mass is 263 g/mol. The molecule has 1 N–H and O–H groups in total. The van der Waals surface area contributed by atoms with Gasteiger partial charge in [0.15, 0.2) is 0 Å². The molecule has 104 valence electrons. The fourth-order valence-electron chi connectivity index (χ4n) is 1.66. The van der Waals surface area contributed by atoms with Gasteiger partial charge in [-0.2, -0.15) is 0 Å². The van der Waals surface area contributed by atoms with E-state index < -0.39 is 17.2 Å². The molecule has 0 aliphatic heterocycles. The number of amides is 1. The molecule has 0 aromatic heterocycles. The molecule has 0 heterocycles. The van der Waals surface area contributed by atoms with E-state index in [0.29, 0.717) is 11.3 Å². The van der Waals surface area contributed by atoms with E-state index in [1.54, 1.807) is 12.1 Å². The van der Waals surface area contributed by atoms with Crippen LogP contribution in [0.3, 0.4) is 0 Å². The van der Waals surface area contributed by atoms with Crippen LogP contribution in [0.5, 0.6) is 5.75 Å². The van der Waals surface area contributed by atoms with Crippen molar-refractivity contribution in [2.45, 2.75) is 40.2 Å². The first kappa shape index (κ1) is 15.2. The van der Waals surface area contributed by atoms with Gasteiger partial charge in [-0.05, 0) is 57.9 Å². The third kappa shape index (κ3) is 3.81. The van der Waals surface area contributed by atoms with Gasteiger partial charge < -0.3 is 10.1 Å². The van der Waals surface area contributed by atoms with E-state index in [1.165, 1.54) is 7.11 Å². The maximum absolute atomic E-state index is 12.2. The van der Waals surface area contributed by atoms with Crippen molar-refractivity contribution in [1.82, 2.24) is 5.32 Å². The first-order chi connectivity index (χ1) is 8.65. The van der Waals surface area contributed by atoms with Gasteiger partial charge in [-0.15, -0.1) is 0 Å². The van der Waals surface area contributed by atoms with Gasteiger partial charge in [0.2, 0.25) is 0 Å². The predicted octanol–water partition coefficient (Wildman–Crippen LogP) is 2.41. The number of rotatable bonds is 3. The number of carbonyl (C=O) groups is 2. The molecule has 19 heavy (non-hydrogen) atoms. The Labute approximate surface area is 114 Å². The van der Waals surface area contributed by atoms with E-state index in [4.69, 9.17) is 4.74 Å². The molecule has 0 aliphatic rings. The summed E-state index contributed by atoms with van der Waals surface area (Å²) >= 11 is 0. The van der Waals surface area contributed by atoms with Crippen LogP contribution < -0.4 is 10.1 Å². The number of hydrogen-bond donors (Lipinski definition) is 1. The van der Waals surface area contributed by atoms with E-state index in [1.807, 2.05) is 34.6 Å². The van der Waals surface area contributed by atoms with Crippen LogP contribution >= 0.6 is 0 Å². The Morgan fingerprint density at radius 2 is 1.63 bits per heavy atom. The quantitative estimate of drug-likeness (QED) is 0.673. The molecule has 1 aromatic rings. The number of Topliss-reactive ketones (excluding diaryl/α,β-unsaturated/α-hetero) is 1. The molecule has 1 rings (SSSR count). The largest absolute Gasteiger partial charge is 0.496 e. The van der Waals surface area contributed by atoms with Crippen LogP contribution in [0.1, 0.15) is 42.3 Å². The number of hydrogen-bond acceptors (Lipinski definition) is 3. The molecule has 0 spiro atoms. The second-order valence-corrected chi connectivity index (χ2v) is 5.67. The molecule has 0 saturated carbocycles. The average Bonchev–Trinajstić information content (AvgIpc) is 2.28. The standard InChI is InChI=1S/C15H21NO3/c1-9-7-11(12(19-6)8-10(9)2)13(17)14(18)16-15(3,4)5/h7-8H,1-6H3,(H,16,18). The van der Waals surface area contributed by atoms with Gasteiger partial charge in [-0.3, -0.25) is 9.59 Å². The number of ketones is 1. The lowest BCUT2D eigenvalue weighted by molar-refractivity contribution is -0.118. The SMILES string of the molecule is COc1cc(C)c(C)cc1C(=O)C(=O)NC(C)(C)C. The predicted molar refractivity (Wildman–Crippen MR) is 74.7 cm³/mol. The summed E-state index contributed by atoms with van der Waals surface area (Å²) in [4.78, 5) is 24.1. The molecule has 1 amide bonds. The summed E-state index contributed by atoms with van der Waals surface area (Å²) in [7, 11) is 1.49. The van der Waals surface area contributed by atoms with Crippen molar-refractivity contribution >= 4 is 11.7 Å². The fraction of sp³-hybridized carbons (Fsp3) is 0.467. The van der Waals surface area contributed by atoms with Gasteiger partial charge in [-0.1, -0.05) is 0 Å². The van der Waals surface area contributed by atoms with Crippen LogP contribution in [0.4, 0.5) is 0 Å². The third-order valence-electron chi connectivity index (χ3n) is 2.76. The van der Waals surface area contributed by atoms with Crippen molar-refractivity contribution in [3.63, 3.8) is 0 Å². The molecule has 4 heteroatoms. The van der Waals surface area contributed by atoms with E-state index >= 15 is 0 Å². The summed E-state index contributed by atoms with van der Waals surface area (Å²) in [5.41, 5.74) is 1.82. The Morgan fingerprint density at radius 1 is 1.11 bits per heavy atom. The molecule has 0 radical (unpaired) electrons. The van der Waals surface area contributed by atoms with Gasteiger partial charge in [0.1, 0.15) is 5.75 Å². The lowest BCUT2D eigenvalue weighted by Crippen LogP contribution is -2.44. The maximum atomic E-state index is 12.2. The highest BCUT2D eigenvalue weighted by Gasteiger charge is 2.24. The average molecular weight is 263 g/mol. The van der Waals surface area contributed by atoms with Crippen LogP contribution in [0.2, 0.25) is 0 Å². The second kappa shape index (κ2) is 5.43. The highest BCUT2D eigenvalue weighted by atomic mass is 16.5. The Hall–Kier alpha value is -1.84. The minimum Gasteiger partial charge on any atom is -0.496 e. The summed E-state index contributed by atoms with van der Waals surface area (Å²) in [5, 5.41) is 2.66. The highest BCUT2D eigenvalue weighted by molar-refractivity contribution is 6.43. The van der Waals surface area contributed by atoms with Gasteiger partial charge in [-0.25, -0.2) is 0 Å². The summed E-state index contributed by atoms with van der Waals surface area (Å²) in [6, 6.07) is 3.46. The molecule has 0 atom stereocenters. The lowest BCUT2D eigenvalue weighted by atomic mass is 10.0. The maximum Gasteiger partial charge on any atom is 0.292 e. The van der Waals surface area contributed by atoms with Crippen molar-refractivity contribution < 1.29 is 14.3 Å². The van der Waals surface area contributed by atoms with Crippen molar-refractivity contribution in [1.29, 1.82) is 0 Å². The molecule has 0 aliphatic carbocycles. The fourth-order valence-corrected chi connectivity index (χ4v) is 1.66. The third-order valence-corrected chi connectivity index (χ3v) is 2.76. The number of nitrogens with one attached hydrogen (secondary N) is 1. The molecular weight excluding hydrogens is 242 g/mol. The zero-order valence-corrected chi connectivity index (χ0v) is 12.4. The smallest absolute Gasteiger partial charge is 0.292 e. The summed E-state index contributed by atoms with van der Waals surface area (Å²) in [6.45, 7) is 9.32.